The lowest BCUT2D eigenvalue weighted by Crippen LogP contribution is -2.38. The molecule has 0 spiro atoms. The summed E-state index contributed by atoms with van der Waals surface area (Å²) in [4.78, 5) is 10.8. The van der Waals surface area contributed by atoms with E-state index >= 15 is 0 Å². The van der Waals surface area contributed by atoms with E-state index in [1.807, 2.05) is 0 Å². The summed E-state index contributed by atoms with van der Waals surface area (Å²) in [6.07, 6.45) is 3.86. The van der Waals surface area contributed by atoms with E-state index < -0.39 is 5.97 Å². The fourth-order valence-electron chi connectivity index (χ4n) is 1.21. The molecule has 3 nitrogen and oxygen atoms in total. The van der Waals surface area contributed by atoms with Gasteiger partial charge in [-0.05, 0) is 18.9 Å². The minimum atomic E-state index is -0.721. The smallest absolute Gasteiger partial charge is 0.320 e. The van der Waals surface area contributed by atoms with Crippen molar-refractivity contribution in [2.45, 2.75) is 52.5 Å². The molecular weight excluding hydrogens is 178 g/mol. The van der Waals surface area contributed by atoms with E-state index in [4.69, 9.17) is 5.11 Å². The SMILES string of the molecule is CCCCC(NCC(C)CC)C(=O)O. The Morgan fingerprint density at radius 3 is 2.50 bits per heavy atom. The van der Waals surface area contributed by atoms with Gasteiger partial charge in [0.05, 0.1) is 0 Å². The van der Waals surface area contributed by atoms with E-state index in [0.29, 0.717) is 5.92 Å². The molecule has 0 heterocycles. The normalized spacial score (nSPS) is 15.1. The number of aliphatic carboxylic acids is 1. The molecule has 0 aromatic carbocycles. The van der Waals surface area contributed by atoms with Crippen LogP contribution in [0.2, 0.25) is 0 Å². The highest BCUT2D eigenvalue weighted by molar-refractivity contribution is 5.73. The third-order valence-corrected chi connectivity index (χ3v) is 2.55. The topological polar surface area (TPSA) is 49.3 Å². The van der Waals surface area contributed by atoms with Crippen LogP contribution in [-0.2, 0) is 4.79 Å². The molecule has 2 atom stereocenters. The van der Waals surface area contributed by atoms with E-state index in [2.05, 4.69) is 26.1 Å². The van der Waals surface area contributed by atoms with Gasteiger partial charge in [-0.2, -0.15) is 0 Å². The minimum Gasteiger partial charge on any atom is -0.480 e. The molecule has 14 heavy (non-hydrogen) atoms. The standard InChI is InChI=1S/C11H23NO2/c1-4-6-7-10(11(13)14)12-8-9(3)5-2/h9-10,12H,4-8H2,1-3H3,(H,13,14). The summed E-state index contributed by atoms with van der Waals surface area (Å²) >= 11 is 0. The van der Waals surface area contributed by atoms with Crippen LogP contribution in [0.15, 0.2) is 0 Å². The van der Waals surface area contributed by atoms with Gasteiger partial charge in [0.1, 0.15) is 6.04 Å². The maximum Gasteiger partial charge on any atom is 0.320 e. The van der Waals surface area contributed by atoms with Crippen molar-refractivity contribution in [2.24, 2.45) is 5.92 Å². The first-order valence-corrected chi connectivity index (χ1v) is 5.57. The summed E-state index contributed by atoms with van der Waals surface area (Å²) in [6, 6.07) is -0.357. The fraction of sp³-hybridized carbons (Fsp3) is 0.909. The monoisotopic (exact) mass is 201 g/mol. The van der Waals surface area contributed by atoms with Crippen LogP contribution in [-0.4, -0.2) is 23.7 Å². The van der Waals surface area contributed by atoms with Crippen LogP contribution in [0.4, 0.5) is 0 Å². The van der Waals surface area contributed by atoms with Crippen LogP contribution in [0.5, 0.6) is 0 Å². The Labute approximate surface area is 86.9 Å². The zero-order valence-corrected chi connectivity index (χ0v) is 9.55. The lowest BCUT2D eigenvalue weighted by Gasteiger charge is -2.16. The van der Waals surface area contributed by atoms with E-state index in [1.54, 1.807) is 0 Å². The summed E-state index contributed by atoms with van der Waals surface area (Å²) in [7, 11) is 0. The van der Waals surface area contributed by atoms with Gasteiger partial charge in [0, 0.05) is 0 Å². The van der Waals surface area contributed by atoms with Crippen LogP contribution in [0.25, 0.3) is 0 Å². The molecule has 2 N–H and O–H groups in total. The van der Waals surface area contributed by atoms with Gasteiger partial charge in [-0.1, -0.05) is 40.0 Å². The average molecular weight is 201 g/mol. The Morgan fingerprint density at radius 2 is 2.07 bits per heavy atom. The number of nitrogens with one attached hydrogen (secondary N) is 1. The maximum atomic E-state index is 10.8. The van der Waals surface area contributed by atoms with Crippen LogP contribution >= 0.6 is 0 Å². The minimum absolute atomic E-state index is 0.357. The first kappa shape index (κ1) is 13.4. The molecule has 3 heteroatoms. The van der Waals surface area contributed by atoms with Crippen molar-refractivity contribution in [3.63, 3.8) is 0 Å². The number of hydrogen-bond acceptors (Lipinski definition) is 2. The molecule has 0 bridgehead atoms. The highest BCUT2D eigenvalue weighted by Crippen LogP contribution is 2.03. The Hall–Kier alpha value is -0.570. The molecule has 84 valence electrons. The third-order valence-electron chi connectivity index (χ3n) is 2.55. The van der Waals surface area contributed by atoms with Crippen molar-refractivity contribution < 1.29 is 9.90 Å². The largest absolute Gasteiger partial charge is 0.480 e. The predicted octanol–water partition coefficient (Wildman–Crippen LogP) is 2.27. The van der Waals surface area contributed by atoms with Crippen molar-refractivity contribution in [1.29, 1.82) is 0 Å². The van der Waals surface area contributed by atoms with E-state index in [0.717, 1.165) is 32.2 Å². The van der Waals surface area contributed by atoms with Gasteiger partial charge in [-0.15, -0.1) is 0 Å². The average Bonchev–Trinajstić information content (AvgIpc) is 2.16. The van der Waals surface area contributed by atoms with Crippen LogP contribution < -0.4 is 5.32 Å². The van der Waals surface area contributed by atoms with Crippen molar-refractivity contribution >= 4 is 5.97 Å². The van der Waals surface area contributed by atoms with E-state index in [9.17, 15) is 4.79 Å². The summed E-state index contributed by atoms with van der Waals surface area (Å²) in [5.74, 6) is -0.166. The van der Waals surface area contributed by atoms with Crippen LogP contribution in [0.3, 0.4) is 0 Å². The van der Waals surface area contributed by atoms with Gasteiger partial charge >= 0.3 is 5.97 Å². The number of hydrogen-bond donors (Lipinski definition) is 2. The third kappa shape index (κ3) is 5.97. The molecule has 0 fully saturated rings. The molecule has 0 aromatic heterocycles. The number of carboxylic acid groups (broad SMARTS) is 1. The summed E-state index contributed by atoms with van der Waals surface area (Å²) in [5, 5.41) is 12.0. The summed E-state index contributed by atoms with van der Waals surface area (Å²) in [5.41, 5.74) is 0. The molecule has 0 saturated carbocycles. The molecule has 0 aliphatic heterocycles. The first-order valence-electron chi connectivity index (χ1n) is 5.57. The molecule has 0 aliphatic carbocycles. The second-order valence-corrected chi connectivity index (χ2v) is 3.95. The Bertz CT molecular complexity index is 159. The van der Waals surface area contributed by atoms with Crippen molar-refractivity contribution in [2.75, 3.05) is 6.54 Å². The maximum absolute atomic E-state index is 10.8. The zero-order chi connectivity index (χ0) is 11.0. The molecule has 0 aromatic rings. The Balaban J connectivity index is 3.79. The molecule has 0 rings (SSSR count). The molecule has 0 saturated heterocycles. The highest BCUT2D eigenvalue weighted by Gasteiger charge is 2.16. The number of carbonyl (C=O) groups is 1. The van der Waals surface area contributed by atoms with Gasteiger partial charge in [0.25, 0.3) is 0 Å². The van der Waals surface area contributed by atoms with Gasteiger partial charge in [-0.25, -0.2) is 0 Å². The number of unbranched alkanes of at least 4 members (excludes halogenated alkanes) is 1. The van der Waals surface area contributed by atoms with Gasteiger partial charge < -0.3 is 10.4 Å². The zero-order valence-electron chi connectivity index (χ0n) is 9.55. The highest BCUT2D eigenvalue weighted by atomic mass is 16.4. The number of rotatable bonds is 8. The predicted molar refractivity (Wildman–Crippen MR) is 58.4 cm³/mol. The summed E-state index contributed by atoms with van der Waals surface area (Å²) in [6.45, 7) is 7.13. The fourth-order valence-corrected chi connectivity index (χ4v) is 1.21. The number of carboxylic acids is 1. The Kier molecular flexibility index (Phi) is 7.48. The lowest BCUT2D eigenvalue weighted by atomic mass is 10.1. The molecule has 0 aliphatic rings. The van der Waals surface area contributed by atoms with Crippen LogP contribution in [0, 0.1) is 5.92 Å². The van der Waals surface area contributed by atoms with Crippen molar-refractivity contribution in [3.8, 4) is 0 Å². The van der Waals surface area contributed by atoms with Gasteiger partial charge in [-0.3, -0.25) is 4.79 Å². The summed E-state index contributed by atoms with van der Waals surface area (Å²) < 4.78 is 0. The lowest BCUT2D eigenvalue weighted by molar-refractivity contribution is -0.139. The van der Waals surface area contributed by atoms with Gasteiger partial charge in [0.2, 0.25) is 0 Å². The second-order valence-electron chi connectivity index (χ2n) is 3.95. The quantitative estimate of drug-likeness (QED) is 0.633. The van der Waals surface area contributed by atoms with Crippen molar-refractivity contribution in [1.82, 2.24) is 5.32 Å². The van der Waals surface area contributed by atoms with Crippen LogP contribution in [0.1, 0.15) is 46.5 Å². The molecule has 0 amide bonds. The second kappa shape index (κ2) is 7.80. The first-order chi connectivity index (χ1) is 6.61. The van der Waals surface area contributed by atoms with E-state index in [1.165, 1.54) is 0 Å². The molecule has 0 radical (unpaired) electrons. The van der Waals surface area contributed by atoms with Crippen molar-refractivity contribution in [3.05, 3.63) is 0 Å². The Morgan fingerprint density at radius 1 is 1.43 bits per heavy atom. The molecule has 2 unspecified atom stereocenters. The van der Waals surface area contributed by atoms with Gasteiger partial charge in [0.15, 0.2) is 0 Å². The van der Waals surface area contributed by atoms with E-state index in [-0.39, 0.29) is 6.04 Å². The molecular formula is C11H23NO2.